The van der Waals surface area contributed by atoms with Crippen molar-refractivity contribution in [2.75, 3.05) is 21.3 Å². The molecule has 1 amide bonds. The van der Waals surface area contributed by atoms with Gasteiger partial charge < -0.3 is 29.2 Å². The van der Waals surface area contributed by atoms with Crippen molar-refractivity contribution in [1.82, 2.24) is 9.88 Å². The van der Waals surface area contributed by atoms with Gasteiger partial charge in [0.25, 0.3) is 0 Å². The van der Waals surface area contributed by atoms with E-state index >= 15 is 0 Å². The zero-order valence-electron chi connectivity index (χ0n) is 14.9. The molecule has 8 nitrogen and oxygen atoms in total. The molecule has 0 atom stereocenters. The Morgan fingerprint density at radius 1 is 1.08 bits per heavy atom. The quantitative estimate of drug-likeness (QED) is 0.717. The summed E-state index contributed by atoms with van der Waals surface area (Å²) >= 11 is 0. The first kappa shape index (κ1) is 19.3. The predicted molar refractivity (Wildman–Crippen MR) is 94.6 cm³/mol. The lowest BCUT2D eigenvalue weighted by atomic mass is 10.2. The van der Waals surface area contributed by atoms with Crippen LogP contribution in [0.2, 0.25) is 0 Å². The van der Waals surface area contributed by atoms with Gasteiger partial charge in [-0.2, -0.15) is 0 Å². The van der Waals surface area contributed by atoms with Crippen molar-refractivity contribution in [3.8, 4) is 17.2 Å². The number of hydrogen-bond acceptors (Lipinski definition) is 6. The summed E-state index contributed by atoms with van der Waals surface area (Å²) in [6.07, 6.45) is 1.41. The van der Waals surface area contributed by atoms with Gasteiger partial charge in [-0.25, -0.2) is 0 Å². The number of ether oxygens (including phenoxy) is 3. The van der Waals surface area contributed by atoms with E-state index in [-0.39, 0.29) is 30.2 Å². The van der Waals surface area contributed by atoms with Crippen molar-refractivity contribution >= 4 is 5.91 Å². The van der Waals surface area contributed by atoms with Crippen LogP contribution in [0.15, 0.2) is 35.3 Å². The SMILES string of the molecule is COc1ccc(CNC(=O)Cn2cc(OC)c(=O)cc2CO)cc1OC. The van der Waals surface area contributed by atoms with Gasteiger partial charge in [0.15, 0.2) is 17.2 Å². The maximum atomic E-state index is 12.2. The molecule has 0 aliphatic carbocycles. The van der Waals surface area contributed by atoms with E-state index in [4.69, 9.17) is 14.2 Å². The van der Waals surface area contributed by atoms with E-state index in [0.29, 0.717) is 23.7 Å². The number of carbonyl (C=O) groups is 1. The number of hydrogen-bond donors (Lipinski definition) is 2. The second-order valence-corrected chi connectivity index (χ2v) is 5.45. The first-order valence-electron chi connectivity index (χ1n) is 7.88. The molecule has 2 aromatic rings. The van der Waals surface area contributed by atoms with Gasteiger partial charge in [-0.05, 0) is 17.7 Å². The summed E-state index contributed by atoms with van der Waals surface area (Å²) in [6.45, 7) is -0.118. The van der Waals surface area contributed by atoms with Crippen molar-refractivity contribution in [3.63, 3.8) is 0 Å². The minimum Gasteiger partial charge on any atom is -0.493 e. The average molecular weight is 362 g/mol. The second kappa shape index (κ2) is 8.91. The zero-order chi connectivity index (χ0) is 19.1. The fraction of sp³-hybridized carbons (Fsp3) is 0.333. The molecule has 0 fully saturated rings. The van der Waals surface area contributed by atoms with Crippen molar-refractivity contribution in [2.24, 2.45) is 0 Å². The average Bonchev–Trinajstić information content (AvgIpc) is 2.66. The molecule has 1 heterocycles. The Labute approximate surface area is 150 Å². The topological polar surface area (TPSA) is 99.0 Å². The molecule has 0 radical (unpaired) electrons. The molecule has 0 aliphatic rings. The first-order valence-corrected chi connectivity index (χ1v) is 7.88. The van der Waals surface area contributed by atoms with Crippen LogP contribution in [0, 0.1) is 0 Å². The van der Waals surface area contributed by atoms with Gasteiger partial charge in [-0.1, -0.05) is 6.07 Å². The highest BCUT2D eigenvalue weighted by molar-refractivity contribution is 5.75. The summed E-state index contributed by atoms with van der Waals surface area (Å²) in [5.74, 6) is 1.01. The summed E-state index contributed by atoms with van der Waals surface area (Å²) in [5.41, 5.74) is 0.825. The van der Waals surface area contributed by atoms with Crippen molar-refractivity contribution in [2.45, 2.75) is 19.7 Å². The van der Waals surface area contributed by atoms with Crippen molar-refractivity contribution in [3.05, 3.63) is 51.9 Å². The third-order valence-corrected chi connectivity index (χ3v) is 3.82. The van der Waals surface area contributed by atoms with Crippen LogP contribution in [-0.4, -0.2) is 36.9 Å². The Morgan fingerprint density at radius 3 is 2.38 bits per heavy atom. The van der Waals surface area contributed by atoms with Crippen LogP contribution in [-0.2, 0) is 24.5 Å². The van der Waals surface area contributed by atoms with E-state index in [1.807, 2.05) is 6.07 Å². The number of benzene rings is 1. The Hall–Kier alpha value is -3.00. The lowest BCUT2D eigenvalue weighted by molar-refractivity contribution is -0.121. The first-order chi connectivity index (χ1) is 12.5. The molecule has 2 N–H and O–H groups in total. The molecule has 0 bridgehead atoms. The van der Waals surface area contributed by atoms with E-state index in [1.165, 1.54) is 23.9 Å². The van der Waals surface area contributed by atoms with Crippen LogP contribution < -0.4 is 25.0 Å². The number of amides is 1. The molecular formula is C18H22N2O6. The largest absolute Gasteiger partial charge is 0.493 e. The van der Waals surface area contributed by atoms with Gasteiger partial charge in [-0.15, -0.1) is 0 Å². The third-order valence-electron chi connectivity index (χ3n) is 3.82. The Kier molecular flexibility index (Phi) is 6.62. The van der Waals surface area contributed by atoms with Crippen LogP contribution in [0.4, 0.5) is 0 Å². The maximum Gasteiger partial charge on any atom is 0.240 e. The number of nitrogens with zero attached hydrogens (tertiary/aromatic N) is 1. The molecule has 2 rings (SSSR count). The molecule has 140 valence electrons. The minimum atomic E-state index is -0.359. The molecule has 0 aliphatic heterocycles. The van der Waals surface area contributed by atoms with Gasteiger partial charge >= 0.3 is 0 Å². The van der Waals surface area contributed by atoms with Crippen LogP contribution in [0.3, 0.4) is 0 Å². The second-order valence-electron chi connectivity index (χ2n) is 5.45. The number of aliphatic hydroxyl groups excluding tert-OH is 1. The number of pyridine rings is 1. The van der Waals surface area contributed by atoms with E-state index in [1.54, 1.807) is 26.4 Å². The number of aliphatic hydroxyl groups is 1. The Balaban J connectivity index is 2.06. The minimum absolute atomic E-state index is 0.0557. The van der Waals surface area contributed by atoms with E-state index in [9.17, 15) is 14.7 Å². The van der Waals surface area contributed by atoms with Crippen LogP contribution >= 0.6 is 0 Å². The summed E-state index contributed by atoms with van der Waals surface area (Å²) < 4.78 is 16.9. The van der Waals surface area contributed by atoms with Gasteiger partial charge in [0.1, 0.15) is 6.54 Å². The number of nitrogens with one attached hydrogen (secondary N) is 1. The van der Waals surface area contributed by atoms with Crippen molar-refractivity contribution in [1.29, 1.82) is 0 Å². The van der Waals surface area contributed by atoms with Gasteiger partial charge in [0.05, 0.1) is 34.1 Å². The molecule has 0 unspecified atom stereocenters. The van der Waals surface area contributed by atoms with E-state index < -0.39 is 0 Å². The van der Waals surface area contributed by atoms with Crippen LogP contribution in [0.5, 0.6) is 17.2 Å². The van der Waals surface area contributed by atoms with Gasteiger partial charge in [0.2, 0.25) is 11.3 Å². The Morgan fingerprint density at radius 2 is 1.77 bits per heavy atom. The smallest absolute Gasteiger partial charge is 0.240 e. The normalized spacial score (nSPS) is 10.3. The van der Waals surface area contributed by atoms with Crippen LogP contribution in [0.25, 0.3) is 0 Å². The van der Waals surface area contributed by atoms with Crippen LogP contribution in [0.1, 0.15) is 11.3 Å². The highest BCUT2D eigenvalue weighted by Crippen LogP contribution is 2.27. The molecule has 0 saturated heterocycles. The number of aromatic nitrogens is 1. The number of methoxy groups -OCH3 is 3. The van der Waals surface area contributed by atoms with E-state index in [2.05, 4.69) is 5.32 Å². The highest BCUT2D eigenvalue weighted by atomic mass is 16.5. The summed E-state index contributed by atoms with van der Waals surface area (Å²) in [6, 6.07) is 6.61. The standard InChI is InChI=1S/C18H22N2O6/c1-24-15-5-4-12(6-16(15)25-2)8-19-18(23)10-20-9-17(26-3)14(22)7-13(20)11-21/h4-7,9,21H,8,10-11H2,1-3H3,(H,19,23). The summed E-state index contributed by atoms with van der Waals surface area (Å²) in [7, 11) is 4.47. The zero-order valence-corrected chi connectivity index (χ0v) is 14.9. The van der Waals surface area contributed by atoms with Gasteiger partial charge in [-0.3, -0.25) is 9.59 Å². The molecule has 0 spiro atoms. The highest BCUT2D eigenvalue weighted by Gasteiger charge is 2.11. The number of carbonyl (C=O) groups excluding carboxylic acids is 1. The molecule has 8 heteroatoms. The molecule has 0 saturated carbocycles. The lowest BCUT2D eigenvalue weighted by Crippen LogP contribution is -2.29. The summed E-state index contributed by atoms with van der Waals surface area (Å²) in [4.78, 5) is 23.9. The molecule has 1 aromatic carbocycles. The monoisotopic (exact) mass is 362 g/mol. The third kappa shape index (κ3) is 4.54. The van der Waals surface area contributed by atoms with E-state index in [0.717, 1.165) is 5.56 Å². The predicted octanol–water partition coefficient (Wildman–Crippen LogP) is 0.683. The van der Waals surface area contributed by atoms with Gasteiger partial charge in [0, 0.05) is 18.3 Å². The van der Waals surface area contributed by atoms with Crippen molar-refractivity contribution < 1.29 is 24.1 Å². The lowest BCUT2D eigenvalue weighted by Gasteiger charge is -2.14. The molecule has 26 heavy (non-hydrogen) atoms. The summed E-state index contributed by atoms with van der Waals surface area (Å²) in [5, 5.41) is 12.2. The fourth-order valence-corrected chi connectivity index (χ4v) is 2.43. The molecular weight excluding hydrogens is 340 g/mol. The maximum absolute atomic E-state index is 12.2. The Bertz CT molecular complexity index is 831. The fourth-order valence-electron chi connectivity index (χ4n) is 2.43. The number of rotatable bonds is 8. The molecule has 1 aromatic heterocycles.